The lowest BCUT2D eigenvalue weighted by molar-refractivity contribution is 0.261. The first-order chi connectivity index (χ1) is 6.86. The van der Waals surface area contributed by atoms with Crippen molar-refractivity contribution in [3.8, 4) is 0 Å². The molecule has 0 aromatic heterocycles. The molecule has 1 rings (SSSR count). The standard InChI is InChI=1S/C12H18OSi/c1-2-6-12(13-14)10-9-11-7-4-3-5-8-11/h3-5,7-10,12H,2,6H2,1,14H3. The molecule has 0 radical (unpaired) electrons. The summed E-state index contributed by atoms with van der Waals surface area (Å²) in [6, 6.07) is 10.3. The Kier molecular flexibility index (Phi) is 5.26. The Bertz CT molecular complexity index is 269. The highest BCUT2D eigenvalue weighted by Gasteiger charge is 1.98. The van der Waals surface area contributed by atoms with Crippen LogP contribution in [0.3, 0.4) is 0 Å². The number of rotatable bonds is 5. The third-order valence-corrected chi connectivity index (χ3v) is 2.78. The van der Waals surface area contributed by atoms with Gasteiger partial charge in [-0.15, -0.1) is 0 Å². The number of benzene rings is 1. The van der Waals surface area contributed by atoms with Gasteiger partial charge in [0.2, 0.25) is 0 Å². The minimum atomic E-state index is 0.312. The second kappa shape index (κ2) is 6.57. The van der Waals surface area contributed by atoms with Crippen molar-refractivity contribution < 1.29 is 4.43 Å². The summed E-state index contributed by atoms with van der Waals surface area (Å²) in [7, 11) is 0.812. The molecular formula is C12H18OSi. The molecule has 1 nitrogen and oxygen atoms in total. The van der Waals surface area contributed by atoms with Crippen molar-refractivity contribution >= 4 is 16.6 Å². The van der Waals surface area contributed by atoms with Gasteiger partial charge in [-0.25, -0.2) is 0 Å². The molecule has 0 saturated heterocycles. The van der Waals surface area contributed by atoms with Gasteiger partial charge in [-0.05, 0) is 12.0 Å². The van der Waals surface area contributed by atoms with Gasteiger partial charge < -0.3 is 4.43 Å². The second-order valence-electron chi connectivity index (χ2n) is 3.33. The van der Waals surface area contributed by atoms with Gasteiger partial charge in [-0.3, -0.25) is 0 Å². The Morgan fingerprint density at radius 3 is 2.64 bits per heavy atom. The van der Waals surface area contributed by atoms with Crippen LogP contribution >= 0.6 is 0 Å². The minimum absolute atomic E-state index is 0.312. The molecule has 0 fully saturated rings. The van der Waals surface area contributed by atoms with Crippen LogP contribution in [0.1, 0.15) is 25.3 Å². The van der Waals surface area contributed by atoms with Gasteiger partial charge in [-0.1, -0.05) is 55.8 Å². The normalized spacial score (nSPS) is 13.5. The van der Waals surface area contributed by atoms with Crippen LogP contribution < -0.4 is 0 Å². The van der Waals surface area contributed by atoms with Gasteiger partial charge in [0.15, 0.2) is 0 Å². The average molecular weight is 206 g/mol. The third kappa shape index (κ3) is 3.90. The number of hydrogen-bond acceptors (Lipinski definition) is 1. The molecule has 1 atom stereocenters. The number of hydrogen-bond donors (Lipinski definition) is 0. The summed E-state index contributed by atoms with van der Waals surface area (Å²) in [6.07, 6.45) is 6.90. The van der Waals surface area contributed by atoms with E-state index in [2.05, 4.69) is 43.3 Å². The van der Waals surface area contributed by atoms with Crippen molar-refractivity contribution in [2.45, 2.75) is 25.9 Å². The van der Waals surface area contributed by atoms with Crippen LogP contribution in [0.15, 0.2) is 36.4 Å². The Labute approximate surface area is 89.3 Å². The van der Waals surface area contributed by atoms with Gasteiger partial charge in [0.25, 0.3) is 0 Å². The van der Waals surface area contributed by atoms with Crippen LogP contribution in [0.4, 0.5) is 0 Å². The maximum atomic E-state index is 5.46. The molecule has 1 unspecified atom stereocenters. The van der Waals surface area contributed by atoms with E-state index >= 15 is 0 Å². The summed E-state index contributed by atoms with van der Waals surface area (Å²) in [4.78, 5) is 0. The Balaban J connectivity index is 2.53. The average Bonchev–Trinajstić information content (AvgIpc) is 2.25. The maximum Gasteiger partial charge on any atom is 0.146 e. The fourth-order valence-corrected chi connectivity index (χ4v) is 1.75. The second-order valence-corrected chi connectivity index (χ2v) is 3.80. The van der Waals surface area contributed by atoms with Crippen LogP contribution in [0, 0.1) is 0 Å². The lowest BCUT2D eigenvalue weighted by Crippen LogP contribution is -2.06. The summed E-state index contributed by atoms with van der Waals surface area (Å²) in [5.74, 6) is 0. The SMILES string of the molecule is CCCC(C=Cc1ccccc1)O[SiH3]. The molecule has 14 heavy (non-hydrogen) atoms. The predicted molar refractivity (Wildman–Crippen MR) is 65.2 cm³/mol. The zero-order valence-corrected chi connectivity index (χ0v) is 10.9. The van der Waals surface area contributed by atoms with Crippen LogP contribution in [-0.2, 0) is 4.43 Å². The van der Waals surface area contributed by atoms with Crippen molar-refractivity contribution in [2.75, 3.05) is 0 Å². The molecule has 0 amide bonds. The van der Waals surface area contributed by atoms with Crippen molar-refractivity contribution in [2.24, 2.45) is 0 Å². The molecular weight excluding hydrogens is 188 g/mol. The van der Waals surface area contributed by atoms with Gasteiger partial charge in [0, 0.05) is 0 Å². The highest BCUT2D eigenvalue weighted by Crippen LogP contribution is 2.06. The fourth-order valence-electron chi connectivity index (χ4n) is 1.36. The molecule has 0 aliphatic heterocycles. The van der Waals surface area contributed by atoms with E-state index in [0.29, 0.717) is 6.10 Å². The summed E-state index contributed by atoms with van der Waals surface area (Å²) in [5.41, 5.74) is 1.24. The van der Waals surface area contributed by atoms with Crippen LogP contribution in [-0.4, -0.2) is 16.6 Å². The first kappa shape index (κ1) is 11.2. The molecule has 0 spiro atoms. The highest BCUT2D eigenvalue weighted by molar-refractivity contribution is 5.98. The van der Waals surface area contributed by atoms with Crippen LogP contribution in [0.25, 0.3) is 6.08 Å². The van der Waals surface area contributed by atoms with Gasteiger partial charge in [0.1, 0.15) is 10.5 Å². The Hall–Kier alpha value is -0.863. The quantitative estimate of drug-likeness (QED) is 0.671. The lowest BCUT2D eigenvalue weighted by Gasteiger charge is -2.09. The zero-order chi connectivity index (χ0) is 10.2. The van der Waals surface area contributed by atoms with Gasteiger partial charge >= 0.3 is 0 Å². The van der Waals surface area contributed by atoms with Gasteiger partial charge in [-0.2, -0.15) is 0 Å². The van der Waals surface area contributed by atoms with E-state index in [1.165, 1.54) is 12.0 Å². The molecule has 76 valence electrons. The van der Waals surface area contributed by atoms with E-state index in [1.807, 2.05) is 6.07 Å². The predicted octanol–water partition coefficient (Wildman–Crippen LogP) is 2.17. The minimum Gasteiger partial charge on any atom is -0.422 e. The van der Waals surface area contributed by atoms with Crippen LogP contribution in [0.2, 0.25) is 0 Å². The zero-order valence-electron chi connectivity index (χ0n) is 8.94. The molecule has 0 aliphatic rings. The van der Waals surface area contributed by atoms with Crippen LogP contribution in [0.5, 0.6) is 0 Å². The molecule has 0 heterocycles. The summed E-state index contributed by atoms with van der Waals surface area (Å²) >= 11 is 0. The van der Waals surface area contributed by atoms with Crippen molar-refractivity contribution in [3.05, 3.63) is 42.0 Å². The van der Waals surface area contributed by atoms with Crippen molar-refractivity contribution in [1.29, 1.82) is 0 Å². The summed E-state index contributed by atoms with van der Waals surface area (Å²) in [5, 5.41) is 0. The fraction of sp³-hybridized carbons (Fsp3) is 0.333. The molecule has 1 aromatic rings. The molecule has 1 aromatic carbocycles. The highest BCUT2D eigenvalue weighted by atomic mass is 28.2. The molecule has 2 heteroatoms. The molecule has 0 aliphatic carbocycles. The first-order valence-corrected chi connectivity index (χ1v) is 5.94. The van der Waals surface area contributed by atoms with E-state index in [1.54, 1.807) is 0 Å². The Morgan fingerprint density at radius 1 is 1.36 bits per heavy atom. The largest absolute Gasteiger partial charge is 0.422 e. The smallest absolute Gasteiger partial charge is 0.146 e. The van der Waals surface area contributed by atoms with Gasteiger partial charge in [0.05, 0.1) is 6.10 Å². The molecule has 0 saturated carbocycles. The van der Waals surface area contributed by atoms with E-state index in [4.69, 9.17) is 4.43 Å². The van der Waals surface area contributed by atoms with E-state index in [-0.39, 0.29) is 0 Å². The first-order valence-electron chi connectivity index (χ1n) is 5.13. The van der Waals surface area contributed by atoms with E-state index < -0.39 is 0 Å². The maximum absolute atomic E-state index is 5.46. The van der Waals surface area contributed by atoms with Crippen molar-refractivity contribution in [1.82, 2.24) is 0 Å². The molecule has 0 N–H and O–H groups in total. The van der Waals surface area contributed by atoms with E-state index in [0.717, 1.165) is 16.9 Å². The summed E-state index contributed by atoms with van der Waals surface area (Å²) in [6.45, 7) is 2.18. The third-order valence-electron chi connectivity index (χ3n) is 2.18. The lowest BCUT2D eigenvalue weighted by atomic mass is 10.1. The van der Waals surface area contributed by atoms with Crippen molar-refractivity contribution in [3.63, 3.8) is 0 Å². The summed E-state index contributed by atoms with van der Waals surface area (Å²) < 4.78 is 5.46. The topological polar surface area (TPSA) is 9.23 Å². The van der Waals surface area contributed by atoms with E-state index in [9.17, 15) is 0 Å². The monoisotopic (exact) mass is 206 g/mol. The molecule has 0 bridgehead atoms. The Morgan fingerprint density at radius 2 is 2.07 bits per heavy atom.